The second-order valence-corrected chi connectivity index (χ2v) is 3.18. The molecule has 5 heteroatoms. The fourth-order valence-electron chi connectivity index (χ4n) is 0.218. The first-order chi connectivity index (χ1) is 4.06. The second-order valence-electron chi connectivity index (χ2n) is 1.43. The van der Waals surface area contributed by atoms with E-state index in [9.17, 15) is 8.42 Å². The van der Waals surface area contributed by atoms with Gasteiger partial charge >= 0.3 is 0 Å². The Morgan fingerprint density at radius 1 is 1.67 bits per heavy atom. The van der Waals surface area contributed by atoms with E-state index in [0.29, 0.717) is 0 Å². The van der Waals surface area contributed by atoms with Crippen molar-refractivity contribution in [2.45, 2.75) is 0 Å². The topological polar surface area (TPSA) is 58.2 Å². The second kappa shape index (κ2) is 3.45. The highest BCUT2D eigenvalue weighted by Gasteiger charge is 1.94. The lowest BCUT2D eigenvalue weighted by Gasteiger charge is -1.97. The molecule has 0 bridgehead atoms. The summed E-state index contributed by atoms with van der Waals surface area (Å²) in [6, 6.07) is 0. The lowest BCUT2D eigenvalue weighted by molar-refractivity contribution is 0.572. The summed E-state index contributed by atoms with van der Waals surface area (Å²) in [7, 11) is -3.15. The summed E-state index contributed by atoms with van der Waals surface area (Å²) in [4.78, 5) is 2.00. The molecule has 0 radical (unpaired) electrons. The Balaban J connectivity index is 3.44. The first kappa shape index (κ1) is 8.43. The molecule has 0 aliphatic heterocycles. The lowest BCUT2D eigenvalue weighted by atomic mass is 10.7. The van der Waals surface area contributed by atoms with Crippen LogP contribution in [0, 0.1) is 12.3 Å². The number of nitrogens with one attached hydrogen (secondary N) is 2. The van der Waals surface area contributed by atoms with Crippen molar-refractivity contribution in [1.29, 1.82) is 0 Å². The van der Waals surface area contributed by atoms with Gasteiger partial charge in [0.1, 0.15) is 0 Å². The summed E-state index contributed by atoms with van der Waals surface area (Å²) in [6.45, 7) is 0.188. The maximum Gasteiger partial charge on any atom is 0.221 e. The molecular weight excluding hydrogens is 140 g/mol. The van der Waals surface area contributed by atoms with Gasteiger partial charge in [-0.15, -0.1) is 6.42 Å². The molecular formula is C4H8N2O2S. The predicted molar refractivity (Wildman–Crippen MR) is 34.8 cm³/mol. The highest BCUT2D eigenvalue weighted by atomic mass is 32.2. The van der Waals surface area contributed by atoms with Gasteiger partial charge in [-0.3, -0.25) is 0 Å². The maximum absolute atomic E-state index is 10.3. The molecule has 2 N–H and O–H groups in total. The van der Waals surface area contributed by atoms with E-state index in [4.69, 9.17) is 6.42 Å². The molecule has 0 aromatic rings. The molecule has 52 valence electrons. The molecule has 9 heavy (non-hydrogen) atoms. The largest absolute Gasteiger partial charge is 0.232 e. The van der Waals surface area contributed by atoms with E-state index in [-0.39, 0.29) is 6.54 Å². The molecule has 0 fully saturated rings. The first-order valence-corrected chi connectivity index (χ1v) is 4.08. The summed E-state index contributed by atoms with van der Waals surface area (Å²) >= 11 is 0. The van der Waals surface area contributed by atoms with Crippen LogP contribution in [0.4, 0.5) is 0 Å². The average molecular weight is 148 g/mol. The van der Waals surface area contributed by atoms with Crippen LogP contribution in [0.3, 0.4) is 0 Å². The zero-order valence-corrected chi connectivity index (χ0v) is 5.83. The van der Waals surface area contributed by atoms with Crippen molar-refractivity contribution in [1.82, 2.24) is 10.3 Å². The van der Waals surface area contributed by atoms with Crippen LogP contribution in [0.2, 0.25) is 0 Å². The summed E-state index contributed by atoms with van der Waals surface area (Å²) in [5.74, 6) is 2.20. The van der Waals surface area contributed by atoms with E-state index in [1.807, 2.05) is 4.83 Å². The van der Waals surface area contributed by atoms with Gasteiger partial charge < -0.3 is 0 Å². The molecule has 4 nitrogen and oxygen atoms in total. The van der Waals surface area contributed by atoms with Gasteiger partial charge in [0.05, 0.1) is 12.8 Å². The van der Waals surface area contributed by atoms with Crippen molar-refractivity contribution in [3.8, 4) is 12.3 Å². The fraction of sp³-hybridized carbons (Fsp3) is 0.500. The Morgan fingerprint density at radius 3 is 2.56 bits per heavy atom. The Labute approximate surface area is 54.7 Å². The molecule has 0 aromatic carbocycles. The Bertz CT molecular complexity index is 201. The van der Waals surface area contributed by atoms with Crippen molar-refractivity contribution in [3.05, 3.63) is 0 Å². The van der Waals surface area contributed by atoms with Gasteiger partial charge in [0, 0.05) is 0 Å². The monoisotopic (exact) mass is 148 g/mol. The summed E-state index contributed by atoms with van der Waals surface area (Å²) < 4.78 is 20.5. The van der Waals surface area contributed by atoms with E-state index >= 15 is 0 Å². The van der Waals surface area contributed by atoms with Gasteiger partial charge in [-0.05, 0) is 0 Å². The highest BCUT2D eigenvalue weighted by Crippen LogP contribution is 1.65. The van der Waals surface area contributed by atoms with Crippen molar-refractivity contribution >= 4 is 10.0 Å². The highest BCUT2D eigenvalue weighted by molar-refractivity contribution is 7.88. The van der Waals surface area contributed by atoms with Gasteiger partial charge in [-0.25, -0.2) is 13.8 Å². The quantitative estimate of drug-likeness (QED) is 0.296. The molecule has 0 amide bonds. The zero-order chi connectivity index (χ0) is 7.33. The van der Waals surface area contributed by atoms with Crippen LogP contribution in [0.1, 0.15) is 0 Å². The van der Waals surface area contributed by atoms with Gasteiger partial charge in [0.25, 0.3) is 0 Å². The van der Waals surface area contributed by atoms with Crippen molar-refractivity contribution in [3.63, 3.8) is 0 Å². The van der Waals surface area contributed by atoms with Crippen molar-refractivity contribution in [2.75, 3.05) is 12.8 Å². The number of rotatable bonds is 3. The predicted octanol–water partition coefficient (Wildman–Crippen LogP) is -1.33. The van der Waals surface area contributed by atoms with E-state index in [1.54, 1.807) is 0 Å². The number of hydrazine groups is 1. The van der Waals surface area contributed by atoms with Gasteiger partial charge in [0.2, 0.25) is 10.0 Å². The van der Waals surface area contributed by atoms with Crippen molar-refractivity contribution in [2.24, 2.45) is 0 Å². The third-order valence-electron chi connectivity index (χ3n) is 0.448. The van der Waals surface area contributed by atoms with Crippen LogP contribution < -0.4 is 10.3 Å². The molecule has 0 rings (SSSR count). The smallest absolute Gasteiger partial charge is 0.221 e. The molecule has 0 heterocycles. The number of sulfonamides is 1. The molecule has 0 spiro atoms. The van der Waals surface area contributed by atoms with E-state index in [0.717, 1.165) is 6.26 Å². The molecule has 0 saturated carbocycles. The average Bonchev–Trinajstić information content (AvgIpc) is 1.63. The standard InChI is InChI=1S/C4H8N2O2S/c1-3-4-5-6-9(2,7)8/h1,5-6H,4H2,2H3. The van der Waals surface area contributed by atoms with Crippen LogP contribution in [0.15, 0.2) is 0 Å². The minimum Gasteiger partial charge on any atom is -0.232 e. The summed E-state index contributed by atoms with van der Waals surface area (Å²) in [5, 5.41) is 0. The summed E-state index contributed by atoms with van der Waals surface area (Å²) in [6.07, 6.45) is 5.85. The fourth-order valence-corrected chi connectivity index (χ4v) is 0.553. The molecule has 0 atom stereocenters. The van der Waals surface area contributed by atoms with E-state index in [2.05, 4.69) is 11.3 Å². The van der Waals surface area contributed by atoms with Gasteiger partial charge in [-0.1, -0.05) is 5.92 Å². The van der Waals surface area contributed by atoms with Gasteiger partial charge in [0.15, 0.2) is 0 Å². The molecule has 0 unspecified atom stereocenters. The number of hydrogen-bond acceptors (Lipinski definition) is 3. The van der Waals surface area contributed by atoms with Crippen molar-refractivity contribution < 1.29 is 8.42 Å². The molecule has 0 saturated heterocycles. The third-order valence-corrected chi connectivity index (χ3v) is 0.963. The third kappa shape index (κ3) is 7.43. The van der Waals surface area contributed by atoms with Crippen LogP contribution >= 0.6 is 0 Å². The normalized spacial score (nSPS) is 10.7. The van der Waals surface area contributed by atoms with Crippen LogP contribution in [-0.2, 0) is 10.0 Å². The molecule has 0 aromatic heterocycles. The SMILES string of the molecule is C#CCNNS(C)(=O)=O. The zero-order valence-electron chi connectivity index (χ0n) is 5.01. The lowest BCUT2D eigenvalue weighted by Crippen LogP contribution is -2.36. The van der Waals surface area contributed by atoms with Gasteiger partial charge in [-0.2, -0.15) is 4.83 Å². The van der Waals surface area contributed by atoms with E-state index < -0.39 is 10.0 Å². The van der Waals surface area contributed by atoms with Crippen LogP contribution in [0.5, 0.6) is 0 Å². The Morgan fingerprint density at radius 2 is 2.22 bits per heavy atom. The molecule has 0 aliphatic rings. The summed E-state index contributed by atoms with van der Waals surface area (Å²) in [5.41, 5.74) is 2.30. The first-order valence-electron chi connectivity index (χ1n) is 2.19. The Hall–Kier alpha value is -0.570. The van der Waals surface area contributed by atoms with Crippen LogP contribution in [0.25, 0.3) is 0 Å². The Kier molecular flexibility index (Phi) is 3.24. The maximum atomic E-state index is 10.3. The molecule has 0 aliphatic carbocycles. The minimum atomic E-state index is -3.15. The minimum absolute atomic E-state index is 0.188. The number of terminal acetylenes is 1. The number of hydrogen-bond donors (Lipinski definition) is 2. The van der Waals surface area contributed by atoms with Crippen LogP contribution in [-0.4, -0.2) is 21.2 Å². The van der Waals surface area contributed by atoms with E-state index in [1.165, 1.54) is 0 Å².